The van der Waals surface area contributed by atoms with Crippen LogP contribution in [0.2, 0.25) is 0 Å². The molecule has 1 aliphatic heterocycles. The predicted octanol–water partition coefficient (Wildman–Crippen LogP) is 3.58. The topological polar surface area (TPSA) is 54.5 Å². The summed E-state index contributed by atoms with van der Waals surface area (Å²) < 4.78 is 5.37. The maximum absolute atomic E-state index is 12.4. The van der Waals surface area contributed by atoms with Crippen molar-refractivity contribution in [3.8, 4) is 0 Å². The van der Waals surface area contributed by atoms with E-state index in [1.165, 1.54) is 11.1 Å². The zero-order valence-electron chi connectivity index (χ0n) is 16.4. The summed E-state index contributed by atoms with van der Waals surface area (Å²) in [5, 5.41) is 3.64. The van der Waals surface area contributed by atoms with E-state index in [0.717, 1.165) is 38.3 Å². The molecule has 2 heterocycles. The summed E-state index contributed by atoms with van der Waals surface area (Å²) >= 11 is 0. The Morgan fingerprint density at radius 3 is 2.89 bits per heavy atom. The van der Waals surface area contributed by atoms with Crippen molar-refractivity contribution in [3.63, 3.8) is 0 Å². The van der Waals surface area contributed by atoms with Crippen LogP contribution >= 0.6 is 0 Å². The van der Waals surface area contributed by atoms with Gasteiger partial charge in [-0.15, -0.1) is 0 Å². The Morgan fingerprint density at radius 1 is 1.30 bits per heavy atom. The summed E-state index contributed by atoms with van der Waals surface area (Å²) in [4.78, 5) is 19.0. The molecule has 1 unspecified atom stereocenters. The number of benzene rings is 1. The van der Waals surface area contributed by atoms with Crippen LogP contribution in [0, 0.1) is 0 Å². The van der Waals surface area contributed by atoms with Crippen molar-refractivity contribution in [1.82, 2.24) is 10.3 Å². The van der Waals surface area contributed by atoms with E-state index in [-0.39, 0.29) is 12.1 Å². The molecule has 0 radical (unpaired) electrons. The van der Waals surface area contributed by atoms with Gasteiger partial charge in [0.05, 0.1) is 6.10 Å². The first-order chi connectivity index (χ1) is 13.1. The quantitative estimate of drug-likeness (QED) is 0.758. The largest absolute Gasteiger partial charge is 0.459 e. The third-order valence-corrected chi connectivity index (χ3v) is 4.83. The van der Waals surface area contributed by atoms with Crippen LogP contribution in [0.4, 0.5) is 5.82 Å². The predicted molar refractivity (Wildman–Crippen MR) is 108 cm³/mol. The van der Waals surface area contributed by atoms with Gasteiger partial charge in [-0.05, 0) is 49.9 Å². The van der Waals surface area contributed by atoms with Crippen molar-refractivity contribution in [2.75, 3.05) is 18.0 Å². The number of nitrogens with one attached hydrogen (secondary N) is 1. The van der Waals surface area contributed by atoms with Gasteiger partial charge < -0.3 is 15.0 Å². The highest BCUT2D eigenvalue weighted by Gasteiger charge is 2.27. The maximum Gasteiger partial charge on any atom is 0.342 e. The lowest BCUT2D eigenvalue weighted by atomic mass is 10.1. The third-order valence-electron chi connectivity index (χ3n) is 4.83. The minimum atomic E-state index is -0.305. The smallest absolute Gasteiger partial charge is 0.342 e. The fourth-order valence-electron chi connectivity index (χ4n) is 3.43. The SMILES string of the molecule is CCc1cccc(CNC2CCN(c3ncccc3C(=O)OC(C)C)C2)c1. The van der Waals surface area contributed by atoms with Crippen LogP contribution in [0.15, 0.2) is 42.6 Å². The molecular formula is C22H29N3O2. The summed E-state index contributed by atoms with van der Waals surface area (Å²) in [6.07, 6.45) is 3.68. The monoisotopic (exact) mass is 367 g/mol. The summed E-state index contributed by atoms with van der Waals surface area (Å²) in [6, 6.07) is 12.7. The van der Waals surface area contributed by atoms with Gasteiger partial charge in [-0.25, -0.2) is 9.78 Å². The van der Waals surface area contributed by atoms with Gasteiger partial charge in [0.1, 0.15) is 11.4 Å². The first kappa shape index (κ1) is 19.4. The van der Waals surface area contributed by atoms with E-state index in [1.807, 2.05) is 13.8 Å². The lowest BCUT2D eigenvalue weighted by molar-refractivity contribution is 0.0378. The average Bonchev–Trinajstić information content (AvgIpc) is 3.15. The molecule has 0 saturated carbocycles. The zero-order valence-corrected chi connectivity index (χ0v) is 16.4. The molecule has 1 fully saturated rings. The van der Waals surface area contributed by atoms with Gasteiger partial charge in [0.2, 0.25) is 0 Å². The highest BCUT2D eigenvalue weighted by atomic mass is 16.5. The van der Waals surface area contributed by atoms with E-state index in [9.17, 15) is 4.79 Å². The fraction of sp³-hybridized carbons (Fsp3) is 0.455. The fourth-order valence-corrected chi connectivity index (χ4v) is 3.43. The molecule has 1 aromatic carbocycles. The third kappa shape index (κ3) is 5.07. The number of anilines is 1. The molecule has 144 valence electrons. The van der Waals surface area contributed by atoms with E-state index >= 15 is 0 Å². The molecule has 3 rings (SSSR count). The molecule has 0 aliphatic carbocycles. The van der Waals surface area contributed by atoms with Gasteiger partial charge in [0.15, 0.2) is 0 Å². The normalized spacial score (nSPS) is 16.7. The van der Waals surface area contributed by atoms with Gasteiger partial charge in [0.25, 0.3) is 0 Å². The van der Waals surface area contributed by atoms with Crippen LogP contribution in [-0.4, -0.2) is 36.2 Å². The number of nitrogens with zero attached hydrogens (tertiary/aromatic N) is 2. The molecule has 1 atom stereocenters. The number of hydrogen-bond donors (Lipinski definition) is 1. The number of aromatic nitrogens is 1. The van der Waals surface area contributed by atoms with Crippen molar-refractivity contribution < 1.29 is 9.53 Å². The first-order valence-electron chi connectivity index (χ1n) is 9.79. The van der Waals surface area contributed by atoms with E-state index < -0.39 is 0 Å². The lowest BCUT2D eigenvalue weighted by Crippen LogP contribution is -2.33. The Kier molecular flexibility index (Phi) is 6.45. The van der Waals surface area contributed by atoms with Gasteiger partial charge in [0, 0.05) is 31.9 Å². The van der Waals surface area contributed by atoms with Crippen LogP contribution in [-0.2, 0) is 17.7 Å². The Morgan fingerprint density at radius 2 is 2.11 bits per heavy atom. The molecule has 0 bridgehead atoms. The van der Waals surface area contributed by atoms with Crippen molar-refractivity contribution in [2.45, 2.75) is 52.3 Å². The molecule has 27 heavy (non-hydrogen) atoms. The number of pyridine rings is 1. The van der Waals surface area contributed by atoms with Gasteiger partial charge >= 0.3 is 5.97 Å². The zero-order chi connectivity index (χ0) is 19.2. The van der Waals surface area contributed by atoms with Gasteiger partial charge in [-0.1, -0.05) is 31.2 Å². The van der Waals surface area contributed by atoms with Crippen molar-refractivity contribution in [2.24, 2.45) is 0 Å². The van der Waals surface area contributed by atoms with E-state index in [4.69, 9.17) is 4.74 Å². The molecule has 2 aromatic rings. The number of carbonyl (C=O) groups excluding carboxylic acids is 1. The molecule has 1 aliphatic rings. The van der Waals surface area contributed by atoms with Crippen molar-refractivity contribution in [1.29, 1.82) is 0 Å². The number of ether oxygens (including phenoxy) is 1. The Hall–Kier alpha value is -2.40. The number of rotatable bonds is 7. The maximum atomic E-state index is 12.4. The Bertz CT molecular complexity index is 776. The molecular weight excluding hydrogens is 338 g/mol. The van der Waals surface area contributed by atoms with E-state index in [1.54, 1.807) is 18.3 Å². The van der Waals surface area contributed by atoms with Crippen LogP contribution in [0.1, 0.15) is 48.7 Å². The molecule has 0 amide bonds. The first-order valence-corrected chi connectivity index (χ1v) is 9.79. The Labute approximate surface area is 161 Å². The van der Waals surface area contributed by atoms with Crippen LogP contribution in [0.3, 0.4) is 0 Å². The van der Waals surface area contributed by atoms with Crippen LogP contribution in [0.25, 0.3) is 0 Å². The number of hydrogen-bond acceptors (Lipinski definition) is 5. The second kappa shape index (κ2) is 9.00. The van der Waals surface area contributed by atoms with E-state index in [0.29, 0.717) is 11.6 Å². The number of aryl methyl sites for hydroxylation is 1. The van der Waals surface area contributed by atoms with Crippen molar-refractivity contribution >= 4 is 11.8 Å². The second-order valence-corrected chi connectivity index (χ2v) is 7.31. The highest BCUT2D eigenvalue weighted by molar-refractivity contribution is 5.94. The summed E-state index contributed by atoms with van der Waals surface area (Å²) in [5.41, 5.74) is 3.22. The standard InChI is InChI=1S/C22H29N3O2/c1-4-17-7-5-8-18(13-17)14-24-19-10-12-25(15-19)21-20(9-6-11-23-21)22(26)27-16(2)3/h5-9,11,13,16,19,24H,4,10,12,14-15H2,1-3H3. The average molecular weight is 367 g/mol. The summed E-state index contributed by atoms with van der Waals surface area (Å²) in [5.74, 6) is 0.418. The molecule has 1 N–H and O–H groups in total. The molecule has 1 saturated heterocycles. The molecule has 0 spiro atoms. The molecule has 5 heteroatoms. The lowest BCUT2D eigenvalue weighted by Gasteiger charge is -2.21. The summed E-state index contributed by atoms with van der Waals surface area (Å²) in [7, 11) is 0. The number of esters is 1. The summed E-state index contributed by atoms with van der Waals surface area (Å²) in [6.45, 7) is 8.47. The molecule has 5 nitrogen and oxygen atoms in total. The van der Waals surface area contributed by atoms with Crippen LogP contribution < -0.4 is 10.2 Å². The molecule has 1 aromatic heterocycles. The minimum absolute atomic E-state index is 0.141. The van der Waals surface area contributed by atoms with Gasteiger partial charge in [-0.3, -0.25) is 0 Å². The van der Waals surface area contributed by atoms with E-state index in [2.05, 4.69) is 46.4 Å². The minimum Gasteiger partial charge on any atom is -0.459 e. The van der Waals surface area contributed by atoms with Crippen molar-refractivity contribution in [3.05, 3.63) is 59.3 Å². The Balaban J connectivity index is 1.62. The number of carbonyl (C=O) groups is 1. The second-order valence-electron chi connectivity index (χ2n) is 7.31. The van der Waals surface area contributed by atoms with Gasteiger partial charge in [-0.2, -0.15) is 0 Å². The highest BCUT2D eigenvalue weighted by Crippen LogP contribution is 2.23. The van der Waals surface area contributed by atoms with Crippen LogP contribution in [0.5, 0.6) is 0 Å².